The minimum atomic E-state index is 0.201. The molecular formula is C10H20N2. The molecule has 2 saturated carbocycles. The topological polar surface area (TPSA) is 29.3 Å². The van der Waals surface area contributed by atoms with Crippen LogP contribution in [0.25, 0.3) is 0 Å². The largest absolute Gasteiger partial charge is 0.324 e. The van der Waals surface area contributed by atoms with Crippen LogP contribution in [0.2, 0.25) is 0 Å². The average Bonchev–Trinajstić information content (AvgIpc) is 2.78. The molecule has 2 aliphatic rings. The van der Waals surface area contributed by atoms with Crippen LogP contribution in [0.3, 0.4) is 0 Å². The third kappa shape index (κ3) is 1.99. The minimum absolute atomic E-state index is 0.201. The van der Waals surface area contributed by atoms with E-state index >= 15 is 0 Å². The molecule has 0 saturated heterocycles. The number of likely N-dealkylation sites (N-methyl/N-ethyl adjacent to an activating group) is 1. The molecule has 0 bridgehead atoms. The first-order valence-electron chi connectivity index (χ1n) is 5.06. The van der Waals surface area contributed by atoms with Crippen LogP contribution >= 0.6 is 0 Å². The molecule has 2 atom stereocenters. The Balaban J connectivity index is 1.67. The number of nitrogens with zero attached hydrogens (tertiary/aromatic N) is 1. The molecule has 2 fully saturated rings. The van der Waals surface area contributed by atoms with E-state index in [4.69, 9.17) is 5.73 Å². The molecule has 2 nitrogen and oxygen atoms in total. The Morgan fingerprint density at radius 2 is 2.08 bits per heavy atom. The van der Waals surface area contributed by atoms with Crippen molar-refractivity contribution in [3.05, 3.63) is 0 Å². The summed E-state index contributed by atoms with van der Waals surface area (Å²) in [7, 11) is 2.21. The SMILES string of the molecule is CC1CC1CN(C)CC1(N)CC1. The lowest BCUT2D eigenvalue weighted by molar-refractivity contribution is 0.287. The highest BCUT2D eigenvalue weighted by atomic mass is 15.1. The molecule has 0 aromatic rings. The second kappa shape index (κ2) is 2.71. The molecule has 0 aromatic heterocycles. The van der Waals surface area contributed by atoms with Crippen LogP contribution in [0.4, 0.5) is 0 Å². The maximum absolute atomic E-state index is 6.04. The second-order valence-electron chi connectivity index (χ2n) is 5.03. The summed E-state index contributed by atoms with van der Waals surface area (Å²) >= 11 is 0. The Hall–Kier alpha value is -0.0800. The van der Waals surface area contributed by atoms with Crippen LogP contribution in [0.1, 0.15) is 26.2 Å². The fraction of sp³-hybridized carbons (Fsp3) is 1.00. The zero-order valence-corrected chi connectivity index (χ0v) is 8.21. The minimum Gasteiger partial charge on any atom is -0.324 e. The van der Waals surface area contributed by atoms with Crippen molar-refractivity contribution in [1.82, 2.24) is 4.90 Å². The van der Waals surface area contributed by atoms with E-state index in [-0.39, 0.29) is 5.54 Å². The van der Waals surface area contributed by atoms with Gasteiger partial charge in [0.2, 0.25) is 0 Å². The standard InChI is InChI=1S/C10H20N2/c1-8-5-9(8)6-12(2)7-10(11)3-4-10/h8-9H,3-7,11H2,1-2H3. The van der Waals surface area contributed by atoms with E-state index in [9.17, 15) is 0 Å². The Morgan fingerprint density at radius 1 is 1.50 bits per heavy atom. The van der Waals surface area contributed by atoms with Gasteiger partial charge in [-0.15, -0.1) is 0 Å². The number of hydrogen-bond acceptors (Lipinski definition) is 2. The van der Waals surface area contributed by atoms with Crippen LogP contribution < -0.4 is 5.73 Å². The highest BCUT2D eigenvalue weighted by Gasteiger charge is 2.40. The first-order valence-corrected chi connectivity index (χ1v) is 5.06. The van der Waals surface area contributed by atoms with Crippen molar-refractivity contribution in [3.63, 3.8) is 0 Å². The van der Waals surface area contributed by atoms with Gasteiger partial charge in [0.25, 0.3) is 0 Å². The van der Waals surface area contributed by atoms with Crippen molar-refractivity contribution < 1.29 is 0 Å². The first-order chi connectivity index (χ1) is 5.59. The van der Waals surface area contributed by atoms with Crippen LogP contribution in [-0.4, -0.2) is 30.6 Å². The molecule has 2 aliphatic carbocycles. The Bertz CT molecular complexity index is 175. The quantitative estimate of drug-likeness (QED) is 0.680. The van der Waals surface area contributed by atoms with Crippen molar-refractivity contribution in [2.24, 2.45) is 17.6 Å². The summed E-state index contributed by atoms with van der Waals surface area (Å²) < 4.78 is 0. The molecule has 0 aromatic carbocycles. The van der Waals surface area contributed by atoms with Gasteiger partial charge in [-0.25, -0.2) is 0 Å². The second-order valence-corrected chi connectivity index (χ2v) is 5.03. The van der Waals surface area contributed by atoms with Gasteiger partial charge in [-0.2, -0.15) is 0 Å². The molecule has 2 rings (SSSR count). The molecule has 0 spiro atoms. The van der Waals surface area contributed by atoms with E-state index in [1.807, 2.05) is 0 Å². The van der Waals surface area contributed by atoms with E-state index in [1.54, 1.807) is 0 Å². The van der Waals surface area contributed by atoms with Gasteiger partial charge in [0, 0.05) is 18.6 Å². The summed E-state index contributed by atoms with van der Waals surface area (Å²) in [6.07, 6.45) is 3.90. The molecule has 70 valence electrons. The van der Waals surface area contributed by atoms with E-state index < -0.39 is 0 Å². The van der Waals surface area contributed by atoms with Gasteiger partial charge in [0.05, 0.1) is 0 Å². The fourth-order valence-corrected chi connectivity index (χ4v) is 1.97. The Labute approximate surface area is 75.1 Å². The van der Waals surface area contributed by atoms with Gasteiger partial charge in [-0.1, -0.05) is 6.92 Å². The molecule has 0 aliphatic heterocycles. The lowest BCUT2D eigenvalue weighted by atomic mass is 10.2. The van der Waals surface area contributed by atoms with Gasteiger partial charge in [0.15, 0.2) is 0 Å². The van der Waals surface area contributed by atoms with Crippen LogP contribution in [0.5, 0.6) is 0 Å². The summed E-state index contributed by atoms with van der Waals surface area (Å²) in [6, 6.07) is 0. The summed E-state index contributed by atoms with van der Waals surface area (Å²) in [5.41, 5.74) is 6.24. The molecule has 2 heteroatoms. The van der Waals surface area contributed by atoms with Gasteiger partial charge >= 0.3 is 0 Å². The third-order valence-electron chi connectivity index (χ3n) is 3.30. The molecule has 0 amide bonds. The smallest absolute Gasteiger partial charge is 0.0284 e. The van der Waals surface area contributed by atoms with Crippen LogP contribution in [-0.2, 0) is 0 Å². The maximum Gasteiger partial charge on any atom is 0.0284 e. The summed E-state index contributed by atoms with van der Waals surface area (Å²) in [5.74, 6) is 1.94. The monoisotopic (exact) mass is 168 g/mol. The summed E-state index contributed by atoms with van der Waals surface area (Å²) in [4.78, 5) is 2.42. The Kier molecular flexibility index (Phi) is 1.92. The highest BCUT2D eigenvalue weighted by Crippen LogP contribution is 2.39. The van der Waals surface area contributed by atoms with Crippen molar-refractivity contribution >= 4 is 0 Å². The lowest BCUT2D eigenvalue weighted by Gasteiger charge is -2.20. The summed E-state index contributed by atoms with van der Waals surface area (Å²) in [5, 5.41) is 0. The third-order valence-corrected chi connectivity index (χ3v) is 3.30. The van der Waals surface area contributed by atoms with E-state index in [0.717, 1.165) is 18.4 Å². The van der Waals surface area contributed by atoms with Gasteiger partial charge in [-0.3, -0.25) is 0 Å². The zero-order valence-electron chi connectivity index (χ0n) is 8.21. The molecule has 0 heterocycles. The number of hydrogen-bond donors (Lipinski definition) is 1. The van der Waals surface area contributed by atoms with Crippen molar-refractivity contribution in [2.45, 2.75) is 31.7 Å². The Morgan fingerprint density at radius 3 is 2.50 bits per heavy atom. The predicted molar refractivity (Wildman–Crippen MR) is 50.9 cm³/mol. The lowest BCUT2D eigenvalue weighted by Crippen LogP contribution is -2.38. The van der Waals surface area contributed by atoms with Gasteiger partial charge in [-0.05, 0) is 38.1 Å². The van der Waals surface area contributed by atoms with Crippen LogP contribution in [0.15, 0.2) is 0 Å². The normalized spacial score (nSPS) is 37.0. The molecule has 0 radical (unpaired) electrons. The van der Waals surface area contributed by atoms with Crippen molar-refractivity contribution in [3.8, 4) is 0 Å². The van der Waals surface area contributed by atoms with Crippen LogP contribution in [0, 0.1) is 11.8 Å². The van der Waals surface area contributed by atoms with Crippen molar-refractivity contribution in [1.29, 1.82) is 0 Å². The van der Waals surface area contributed by atoms with Crippen molar-refractivity contribution in [2.75, 3.05) is 20.1 Å². The zero-order chi connectivity index (χ0) is 8.77. The highest BCUT2D eigenvalue weighted by molar-refractivity contribution is 5.01. The van der Waals surface area contributed by atoms with Gasteiger partial charge in [0.1, 0.15) is 0 Å². The molecule has 2 N–H and O–H groups in total. The summed E-state index contributed by atoms with van der Waals surface area (Å²) in [6.45, 7) is 4.71. The fourth-order valence-electron chi connectivity index (χ4n) is 1.97. The maximum atomic E-state index is 6.04. The molecule has 12 heavy (non-hydrogen) atoms. The van der Waals surface area contributed by atoms with Gasteiger partial charge < -0.3 is 10.6 Å². The van der Waals surface area contributed by atoms with E-state index in [1.165, 1.54) is 25.8 Å². The average molecular weight is 168 g/mol. The number of nitrogens with two attached hydrogens (primary N) is 1. The van der Waals surface area contributed by atoms with E-state index in [0.29, 0.717) is 0 Å². The predicted octanol–water partition coefficient (Wildman–Crippen LogP) is 1.07. The first kappa shape index (κ1) is 8.52. The number of rotatable bonds is 4. The molecular weight excluding hydrogens is 148 g/mol. The molecule has 2 unspecified atom stereocenters. The van der Waals surface area contributed by atoms with E-state index in [2.05, 4.69) is 18.9 Å².